The van der Waals surface area contributed by atoms with Crippen molar-refractivity contribution in [2.45, 2.75) is 44.8 Å². The van der Waals surface area contributed by atoms with Crippen LogP contribution in [-0.4, -0.2) is 64.7 Å². The molecule has 56 heavy (non-hydrogen) atoms. The number of amides is 2. The molecule has 1 aliphatic carbocycles. The number of esters is 1. The monoisotopic (exact) mass is 827 g/mol. The Bertz CT molecular complexity index is 2080. The van der Waals surface area contributed by atoms with Gasteiger partial charge in [0.2, 0.25) is 0 Å². The van der Waals surface area contributed by atoms with Crippen molar-refractivity contribution in [1.82, 2.24) is 9.88 Å². The molecule has 0 radical (unpaired) electrons. The summed E-state index contributed by atoms with van der Waals surface area (Å²) in [5.74, 6) is -4.76. The van der Waals surface area contributed by atoms with Gasteiger partial charge in [0.15, 0.2) is 23.9 Å². The summed E-state index contributed by atoms with van der Waals surface area (Å²) in [6.45, 7) is -3.42. The Morgan fingerprint density at radius 3 is 2.27 bits per heavy atom. The molecule has 3 heterocycles. The lowest BCUT2D eigenvalue weighted by Crippen LogP contribution is -2.36. The van der Waals surface area contributed by atoms with Gasteiger partial charge in [-0.25, -0.2) is 4.79 Å². The number of fused-ring (bicyclic) bond motifs is 1. The van der Waals surface area contributed by atoms with Crippen LogP contribution in [0.3, 0.4) is 0 Å². The molecule has 4 aromatic rings. The van der Waals surface area contributed by atoms with Crippen molar-refractivity contribution in [3.8, 4) is 17.2 Å². The molecule has 0 bridgehead atoms. The lowest BCUT2D eigenvalue weighted by molar-refractivity contribution is -0.605. The summed E-state index contributed by atoms with van der Waals surface area (Å²) in [6.07, 6.45) is 0.842. The standard InChI is InChI=1S/C34H27Cl2F2N3O8.C2HF3O2/c35-26-14-40(45)15-27(36)25(26)12-29(21-5-8-28(49-34(37)38)30(10-21)47-17-19-3-4-19)48-31(42)16-41-32(43)23-7-6-22(11-24(23)33(41)44)46-18-20-2-1-9-39-13-20;3-2(4,5)1(6)7/h1-2,5-11,13-15,19,29,34H,3-4,12,16-18H2;(H,6,7). The van der Waals surface area contributed by atoms with Gasteiger partial charge in [-0.15, -0.1) is 0 Å². The minimum absolute atomic E-state index is 0.00435. The summed E-state index contributed by atoms with van der Waals surface area (Å²) in [5.41, 5.74) is 1.47. The number of carbonyl (C=O) groups is 4. The number of carboxylic acids is 1. The predicted octanol–water partition coefficient (Wildman–Crippen LogP) is 6.75. The third-order valence-electron chi connectivity index (χ3n) is 8.05. The number of benzene rings is 2. The molecule has 2 aliphatic rings. The van der Waals surface area contributed by atoms with E-state index in [0.717, 1.165) is 35.7 Å². The van der Waals surface area contributed by atoms with E-state index in [-0.39, 0.29) is 69.4 Å². The second kappa shape index (κ2) is 17.8. The summed E-state index contributed by atoms with van der Waals surface area (Å²) in [6, 6.07) is 12.0. The molecule has 1 atom stereocenters. The molecular formula is C36H28Cl2F5N3O10. The average Bonchev–Trinajstić information content (AvgIpc) is 3.94. The van der Waals surface area contributed by atoms with E-state index >= 15 is 0 Å². The van der Waals surface area contributed by atoms with Gasteiger partial charge in [-0.3, -0.25) is 24.3 Å². The first-order valence-corrected chi connectivity index (χ1v) is 17.1. The first kappa shape index (κ1) is 41.4. The van der Waals surface area contributed by atoms with Gasteiger partial charge >= 0.3 is 24.7 Å². The zero-order chi connectivity index (χ0) is 40.7. The molecule has 2 aromatic heterocycles. The Morgan fingerprint density at radius 2 is 1.66 bits per heavy atom. The van der Waals surface area contributed by atoms with E-state index < -0.39 is 49.2 Å². The van der Waals surface area contributed by atoms with Gasteiger partial charge < -0.3 is 29.3 Å². The van der Waals surface area contributed by atoms with E-state index in [1.165, 1.54) is 30.3 Å². The lowest BCUT2D eigenvalue weighted by Gasteiger charge is -2.22. The fourth-order valence-electron chi connectivity index (χ4n) is 5.14. The largest absolute Gasteiger partial charge is 0.619 e. The molecule has 1 unspecified atom stereocenters. The summed E-state index contributed by atoms with van der Waals surface area (Å²) in [7, 11) is 0. The molecule has 0 saturated heterocycles. The maximum atomic E-state index is 13.4. The topological polar surface area (TPSA) is 168 Å². The van der Waals surface area contributed by atoms with Crippen LogP contribution in [0.1, 0.15) is 56.4 Å². The number of ether oxygens (including phenoxy) is 4. The molecule has 0 spiro atoms. The van der Waals surface area contributed by atoms with E-state index in [4.69, 9.17) is 47.3 Å². The van der Waals surface area contributed by atoms with Gasteiger partial charge in [0.05, 0.1) is 17.7 Å². The number of carbonyl (C=O) groups excluding carboxylic acids is 3. The first-order chi connectivity index (χ1) is 26.5. The summed E-state index contributed by atoms with van der Waals surface area (Å²) in [4.78, 5) is 53.6. The van der Waals surface area contributed by atoms with Crippen molar-refractivity contribution < 1.29 is 69.9 Å². The van der Waals surface area contributed by atoms with Crippen LogP contribution in [0.4, 0.5) is 22.0 Å². The second-order valence-corrected chi connectivity index (χ2v) is 13.0. The van der Waals surface area contributed by atoms with Gasteiger partial charge in [0.25, 0.3) is 11.8 Å². The SMILES string of the molecule is O=C(CN1C(=O)c2ccc(OCc3cccnc3)cc2C1=O)OC(Cc1c(Cl)c[n+]([O-])cc1Cl)c1ccc(OC(F)F)c(OCC2CC2)c1.O=C(O)C(F)(F)F. The zero-order valence-electron chi connectivity index (χ0n) is 28.5. The van der Waals surface area contributed by atoms with E-state index in [1.54, 1.807) is 24.5 Å². The average molecular weight is 829 g/mol. The number of nitrogens with zero attached hydrogens (tertiary/aromatic N) is 3. The van der Waals surface area contributed by atoms with E-state index in [1.807, 2.05) is 6.07 Å². The second-order valence-electron chi connectivity index (χ2n) is 12.2. The van der Waals surface area contributed by atoms with Gasteiger partial charge in [-0.1, -0.05) is 35.3 Å². The van der Waals surface area contributed by atoms with Crippen molar-refractivity contribution >= 4 is 47.0 Å². The number of imide groups is 1. The molecule has 2 amide bonds. The number of hydrogen-bond donors (Lipinski definition) is 1. The minimum atomic E-state index is -5.08. The summed E-state index contributed by atoms with van der Waals surface area (Å²) < 4.78 is 80.5. The van der Waals surface area contributed by atoms with Crippen LogP contribution in [0.15, 0.2) is 73.3 Å². The van der Waals surface area contributed by atoms with Crippen LogP contribution >= 0.6 is 23.2 Å². The number of aliphatic carboxylic acids is 1. The van der Waals surface area contributed by atoms with E-state index in [2.05, 4.69) is 9.72 Å². The van der Waals surface area contributed by atoms with Gasteiger partial charge in [0.1, 0.15) is 35.1 Å². The molecule has 1 fully saturated rings. The number of carboxylic acid groups (broad SMARTS) is 1. The van der Waals surface area contributed by atoms with Gasteiger partial charge in [-0.2, -0.15) is 26.7 Å². The number of rotatable bonds is 14. The highest BCUT2D eigenvalue weighted by atomic mass is 35.5. The number of hydrogen-bond acceptors (Lipinski definition) is 10. The van der Waals surface area contributed by atoms with Crippen molar-refractivity contribution in [2.75, 3.05) is 13.2 Å². The fourth-order valence-corrected chi connectivity index (χ4v) is 5.74. The van der Waals surface area contributed by atoms with E-state index in [9.17, 15) is 41.5 Å². The Hall–Kier alpha value is -5.75. The maximum absolute atomic E-state index is 13.4. The Kier molecular flexibility index (Phi) is 13.2. The first-order valence-electron chi connectivity index (χ1n) is 16.3. The fraction of sp³-hybridized carbons (Fsp3) is 0.278. The van der Waals surface area contributed by atoms with Crippen LogP contribution < -0.4 is 18.9 Å². The van der Waals surface area contributed by atoms with Crippen molar-refractivity contribution in [1.29, 1.82) is 0 Å². The Morgan fingerprint density at radius 1 is 0.982 bits per heavy atom. The number of pyridine rings is 2. The summed E-state index contributed by atoms with van der Waals surface area (Å²) in [5, 5.41) is 18.9. The predicted molar refractivity (Wildman–Crippen MR) is 183 cm³/mol. The normalized spacial score (nSPS) is 14.1. The molecule has 13 nitrogen and oxygen atoms in total. The van der Waals surface area contributed by atoms with Gasteiger partial charge in [0, 0.05) is 29.9 Å². The highest BCUT2D eigenvalue weighted by molar-refractivity contribution is 6.35. The molecule has 1 saturated carbocycles. The van der Waals surface area contributed by atoms with Crippen LogP contribution in [0.25, 0.3) is 0 Å². The van der Waals surface area contributed by atoms with E-state index in [0.29, 0.717) is 10.5 Å². The number of aromatic nitrogens is 2. The summed E-state index contributed by atoms with van der Waals surface area (Å²) >= 11 is 12.6. The Balaban J connectivity index is 0.000000784. The third kappa shape index (κ3) is 10.9. The lowest BCUT2D eigenvalue weighted by atomic mass is 10.0. The maximum Gasteiger partial charge on any atom is 0.490 e. The van der Waals surface area contributed by atoms with Crippen molar-refractivity contribution in [3.63, 3.8) is 0 Å². The van der Waals surface area contributed by atoms with Crippen LogP contribution in [-0.2, 0) is 27.4 Å². The molecular weight excluding hydrogens is 800 g/mol. The highest BCUT2D eigenvalue weighted by Gasteiger charge is 2.39. The number of halogens is 7. The van der Waals surface area contributed by atoms with Crippen LogP contribution in [0.5, 0.6) is 17.2 Å². The van der Waals surface area contributed by atoms with Gasteiger partial charge in [-0.05, 0) is 60.7 Å². The molecule has 2 aromatic carbocycles. The van der Waals surface area contributed by atoms with Crippen molar-refractivity contribution in [2.24, 2.45) is 5.92 Å². The Labute approximate surface area is 323 Å². The van der Waals surface area contributed by atoms with Crippen LogP contribution in [0, 0.1) is 11.1 Å². The van der Waals surface area contributed by atoms with Crippen LogP contribution in [0.2, 0.25) is 10.0 Å². The molecule has 1 N–H and O–H groups in total. The minimum Gasteiger partial charge on any atom is -0.619 e. The molecule has 296 valence electrons. The molecule has 1 aliphatic heterocycles. The quantitative estimate of drug-likeness (QED) is 0.0470. The molecule has 6 rings (SSSR count). The molecule has 20 heteroatoms. The highest BCUT2D eigenvalue weighted by Crippen LogP contribution is 2.38. The zero-order valence-corrected chi connectivity index (χ0v) is 30.0. The van der Waals surface area contributed by atoms with Crippen molar-refractivity contribution in [3.05, 3.63) is 116 Å². The smallest absolute Gasteiger partial charge is 0.490 e. The number of alkyl halides is 5. The third-order valence-corrected chi connectivity index (χ3v) is 8.70.